The fraction of sp³-hybridized carbons (Fsp3) is 0.636. The van der Waals surface area contributed by atoms with E-state index in [4.69, 9.17) is 5.73 Å². The van der Waals surface area contributed by atoms with Gasteiger partial charge < -0.3 is 15.5 Å². The van der Waals surface area contributed by atoms with E-state index in [0.29, 0.717) is 12.1 Å². The van der Waals surface area contributed by atoms with Crippen molar-refractivity contribution in [2.45, 2.75) is 228 Å². The molecule has 0 amide bonds. The van der Waals surface area contributed by atoms with Crippen LogP contribution in [0, 0.1) is 0 Å². The average Bonchev–Trinajstić information content (AvgIpc) is 3.77. The number of fused-ring (bicyclic) bond motifs is 3. The second-order valence-electron chi connectivity index (χ2n) is 24.8. The minimum absolute atomic E-state index is 0.0371. The zero-order chi connectivity index (χ0) is 61.1. The summed E-state index contributed by atoms with van der Waals surface area (Å²) in [6.07, 6.45) is 12.3. The Bertz CT molecular complexity index is 2680. The number of alkyl halides is 12. The van der Waals surface area contributed by atoms with Gasteiger partial charge in [-0.2, -0.15) is 52.7 Å². The Kier molecular flexibility index (Phi) is 21.1. The summed E-state index contributed by atoms with van der Waals surface area (Å²) in [6.45, 7) is 18.6. The van der Waals surface area contributed by atoms with Crippen LogP contribution in [0.4, 0.5) is 52.7 Å². The standard InChI is InChI=1S/C66H91F12N3/c1-14-56(7,8)46-30-28-32-50(42-46)61(67,68)63(71,72)65(75,76)66(77,78)64(73,74)62(69,70)51-33-29-31-49(43-51)60(79,19-6)59(17-4,18-5)48-35-37-53-52-36-34-47(57(9,15-2)16-3)44-54(52)58(55(53)45-48,38-24-20-22-26-40-80(10)11)39-25-21-23-27-41-81(12)13/h28-37,42-45H,14-27,38-41,79H2,1-13H3. The van der Waals surface area contributed by atoms with Crippen molar-refractivity contribution in [2.75, 3.05) is 41.3 Å². The molecule has 1 aliphatic carbocycles. The molecule has 4 aromatic rings. The SMILES string of the molecule is CCC(C)(C)c1cccc(C(F)(F)C(F)(F)C(F)(F)C(F)(F)C(F)(F)C(F)(F)c2cccc(C(N)(CC)C(CC)(CC)c3ccc4c(c3)C(CCCCCCN(C)C)(CCCCCCN(C)C)c3cc(C(C)(CC)CC)ccc3-4)c2)c1. The van der Waals surface area contributed by atoms with Gasteiger partial charge in [0.25, 0.3) is 0 Å². The molecule has 15 heteroatoms. The summed E-state index contributed by atoms with van der Waals surface area (Å²) in [5.74, 6) is -42.8. The van der Waals surface area contributed by atoms with Crippen LogP contribution in [-0.4, -0.2) is 74.8 Å². The number of benzene rings is 4. The summed E-state index contributed by atoms with van der Waals surface area (Å²) in [6, 6.07) is 18.5. The van der Waals surface area contributed by atoms with Gasteiger partial charge in [0.15, 0.2) is 0 Å². The fourth-order valence-electron chi connectivity index (χ4n) is 12.8. The smallest absolute Gasteiger partial charge is 0.321 e. The van der Waals surface area contributed by atoms with E-state index in [2.05, 4.69) is 89.1 Å². The first-order valence-corrected chi connectivity index (χ1v) is 29.4. The molecule has 0 heterocycles. The van der Waals surface area contributed by atoms with Crippen molar-refractivity contribution in [3.63, 3.8) is 0 Å². The van der Waals surface area contributed by atoms with Crippen LogP contribution in [0.2, 0.25) is 0 Å². The van der Waals surface area contributed by atoms with E-state index < -0.39 is 68.4 Å². The Morgan fingerprint density at radius 1 is 0.395 bits per heavy atom. The molecule has 81 heavy (non-hydrogen) atoms. The number of hydrogen-bond acceptors (Lipinski definition) is 3. The molecule has 4 aromatic carbocycles. The highest BCUT2D eigenvalue weighted by Gasteiger charge is 2.90. The van der Waals surface area contributed by atoms with Crippen molar-refractivity contribution in [3.05, 3.63) is 129 Å². The lowest BCUT2D eigenvalue weighted by Crippen LogP contribution is -2.69. The van der Waals surface area contributed by atoms with Crippen LogP contribution in [0.5, 0.6) is 0 Å². The predicted octanol–water partition coefficient (Wildman–Crippen LogP) is 19.5. The van der Waals surface area contributed by atoms with E-state index in [-0.39, 0.29) is 54.4 Å². The summed E-state index contributed by atoms with van der Waals surface area (Å²) >= 11 is 0. The number of unbranched alkanes of at least 4 members (excludes halogenated alkanes) is 6. The van der Waals surface area contributed by atoms with Crippen molar-refractivity contribution in [3.8, 4) is 11.1 Å². The maximum Gasteiger partial charge on any atom is 0.385 e. The third-order valence-electron chi connectivity index (χ3n) is 19.3. The van der Waals surface area contributed by atoms with Crippen LogP contribution in [0.1, 0.15) is 210 Å². The molecular formula is C66H91F12N3. The first-order valence-electron chi connectivity index (χ1n) is 29.4. The first kappa shape index (κ1) is 67.7. The van der Waals surface area contributed by atoms with Gasteiger partial charge in [-0.3, -0.25) is 0 Å². The molecule has 0 fully saturated rings. The molecule has 2 N–H and O–H groups in total. The van der Waals surface area contributed by atoms with E-state index in [0.717, 1.165) is 125 Å². The number of rotatable bonds is 32. The topological polar surface area (TPSA) is 32.5 Å². The maximum absolute atomic E-state index is 16.5. The molecule has 0 radical (unpaired) electrons. The summed E-state index contributed by atoms with van der Waals surface area (Å²) in [5, 5.41) is 0. The molecule has 0 bridgehead atoms. The van der Waals surface area contributed by atoms with Crippen molar-refractivity contribution in [1.29, 1.82) is 0 Å². The molecule has 5 rings (SSSR count). The normalized spacial score (nSPS) is 15.6. The van der Waals surface area contributed by atoms with Gasteiger partial charge in [0.1, 0.15) is 0 Å². The van der Waals surface area contributed by atoms with Crippen LogP contribution in [0.15, 0.2) is 84.9 Å². The largest absolute Gasteiger partial charge is 0.385 e. The lowest BCUT2D eigenvalue weighted by atomic mass is 9.58. The Balaban J connectivity index is 1.66. The van der Waals surface area contributed by atoms with Crippen LogP contribution in [0.3, 0.4) is 0 Å². The second-order valence-corrected chi connectivity index (χ2v) is 24.8. The maximum atomic E-state index is 16.5. The Morgan fingerprint density at radius 3 is 1.17 bits per heavy atom. The van der Waals surface area contributed by atoms with E-state index in [9.17, 15) is 0 Å². The average molecular weight is 1150 g/mol. The number of hydrogen-bond donors (Lipinski definition) is 1. The van der Waals surface area contributed by atoms with Gasteiger partial charge >= 0.3 is 35.5 Å². The van der Waals surface area contributed by atoms with Crippen LogP contribution in [0.25, 0.3) is 11.1 Å². The van der Waals surface area contributed by atoms with E-state index in [1.54, 1.807) is 13.8 Å². The molecule has 1 unspecified atom stereocenters. The van der Waals surface area contributed by atoms with E-state index in [1.807, 2.05) is 19.9 Å². The van der Waals surface area contributed by atoms with Gasteiger partial charge in [0.2, 0.25) is 0 Å². The Labute approximate surface area is 476 Å². The highest BCUT2D eigenvalue weighted by molar-refractivity contribution is 5.82. The zero-order valence-corrected chi connectivity index (χ0v) is 50.3. The van der Waals surface area contributed by atoms with E-state index >= 15 is 52.7 Å². The number of nitrogens with zero attached hydrogens (tertiary/aromatic N) is 2. The third-order valence-corrected chi connectivity index (χ3v) is 19.3. The third kappa shape index (κ3) is 12.0. The van der Waals surface area contributed by atoms with Gasteiger partial charge in [-0.1, -0.05) is 174 Å². The number of halogens is 12. The van der Waals surface area contributed by atoms with Crippen LogP contribution >= 0.6 is 0 Å². The lowest BCUT2D eigenvalue weighted by Gasteiger charge is -2.49. The molecule has 0 saturated carbocycles. The van der Waals surface area contributed by atoms with Gasteiger partial charge in [0.05, 0.1) is 5.54 Å². The van der Waals surface area contributed by atoms with Crippen LogP contribution in [-0.2, 0) is 39.0 Å². The monoisotopic (exact) mass is 1150 g/mol. The molecule has 0 spiro atoms. The van der Waals surface area contributed by atoms with Crippen molar-refractivity contribution < 1.29 is 52.7 Å². The molecule has 1 atom stereocenters. The van der Waals surface area contributed by atoms with Crippen LogP contribution < -0.4 is 5.73 Å². The fourth-order valence-corrected chi connectivity index (χ4v) is 12.8. The second kappa shape index (κ2) is 25.2. The molecule has 1 aliphatic rings. The Hall–Kier alpha value is -4.08. The Morgan fingerprint density at radius 2 is 0.778 bits per heavy atom. The zero-order valence-electron chi connectivity index (χ0n) is 50.3. The predicted molar refractivity (Wildman–Crippen MR) is 306 cm³/mol. The lowest BCUT2D eigenvalue weighted by molar-refractivity contribution is -0.429. The minimum Gasteiger partial charge on any atom is -0.321 e. The summed E-state index contributed by atoms with van der Waals surface area (Å²) in [4.78, 5) is 4.35. The van der Waals surface area contributed by atoms with E-state index in [1.165, 1.54) is 37.1 Å². The number of nitrogens with two attached hydrogens (primary N) is 1. The quantitative estimate of drug-likeness (QED) is 0.0391. The highest BCUT2D eigenvalue weighted by atomic mass is 19.4. The van der Waals surface area contributed by atoms with Gasteiger partial charge in [-0.15, -0.1) is 0 Å². The minimum atomic E-state index is -7.77. The van der Waals surface area contributed by atoms with Crippen molar-refractivity contribution >= 4 is 0 Å². The van der Waals surface area contributed by atoms with Gasteiger partial charge in [0, 0.05) is 22.0 Å². The molecule has 0 aromatic heterocycles. The summed E-state index contributed by atoms with van der Waals surface area (Å²) in [7, 11) is 8.24. The van der Waals surface area contributed by atoms with Crippen molar-refractivity contribution in [1.82, 2.24) is 9.80 Å². The van der Waals surface area contributed by atoms with Gasteiger partial charge in [-0.25, -0.2) is 0 Å². The van der Waals surface area contributed by atoms with Gasteiger partial charge in [-0.05, 0) is 173 Å². The first-order chi connectivity index (χ1) is 37.5. The molecule has 3 nitrogen and oxygen atoms in total. The molecule has 0 aliphatic heterocycles. The summed E-state index contributed by atoms with van der Waals surface area (Å²) in [5.41, 5.74) is 5.36. The highest BCUT2D eigenvalue weighted by Crippen LogP contribution is 2.64. The molecule has 0 saturated heterocycles. The molecular weight excluding hydrogens is 1060 g/mol. The summed E-state index contributed by atoms with van der Waals surface area (Å²) < 4.78 is 191. The van der Waals surface area contributed by atoms with Crippen molar-refractivity contribution in [2.24, 2.45) is 5.73 Å². The molecule has 454 valence electrons.